The number of rotatable bonds is 1. The van der Waals surface area contributed by atoms with Crippen LogP contribution in [-0.2, 0) is 13.6 Å². The topological polar surface area (TPSA) is 75.9 Å². The highest BCUT2D eigenvalue weighted by Crippen LogP contribution is 2.32. The Labute approximate surface area is 131 Å². The molecule has 1 aromatic carbocycles. The monoisotopic (exact) mass is 311 g/mol. The summed E-state index contributed by atoms with van der Waals surface area (Å²) in [4.78, 5) is 33.2. The number of nitrogens with one attached hydrogen (secondary N) is 1. The molecule has 118 valence electrons. The van der Waals surface area contributed by atoms with E-state index in [4.69, 9.17) is 0 Å². The maximum Gasteiger partial charge on any atom is 0.329 e. The van der Waals surface area contributed by atoms with Crippen LogP contribution in [0.3, 0.4) is 0 Å². The molecule has 0 fully saturated rings. The molecule has 0 saturated carbocycles. The molecule has 7 heteroatoms. The summed E-state index contributed by atoms with van der Waals surface area (Å²) in [6.45, 7) is 3.66. The van der Waals surface area contributed by atoms with E-state index in [2.05, 4.69) is 21.8 Å². The fourth-order valence-corrected chi connectivity index (χ4v) is 3.19. The zero-order chi connectivity index (χ0) is 16.1. The number of nitrogens with zero attached hydrogens (tertiary/aromatic N) is 4. The van der Waals surface area contributed by atoms with Gasteiger partial charge in [0.1, 0.15) is 0 Å². The van der Waals surface area contributed by atoms with E-state index in [-0.39, 0.29) is 5.56 Å². The van der Waals surface area contributed by atoms with Crippen molar-refractivity contribution in [3.05, 3.63) is 51.2 Å². The minimum absolute atomic E-state index is 0.358. The highest BCUT2D eigenvalue weighted by molar-refractivity contribution is 5.76. The number of hydrogen-bond donors (Lipinski definition) is 1. The number of H-pyrrole nitrogens is 1. The van der Waals surface area contributed by atoms with Crippen molar-refractivity contribution in [2.24, 2.45) is 13.0 Å². The van der Waals surface area contributed by atoms with Gasteiger partial charge in [0.2, 0.25) is 5.95 Å². The van der Waals surface area contributed by atoms with E-state index < -0.39 is 5.69 Å². The van der Waals surface area contributed by atoms with E-state index in [9.17, 15) is 9.59 Å². The molecule has 1 N–H and O–H groups in total. The number of hydrogen-bond acceptors (Lipinski definition) is 4. The molecule has 0 aliphatic carbocycles. The fourth-order valence-electron chi connectivity index (χ4n) is 3.19. The summed E-state index contributed by atoms with van der Waals surface area (Å²) in [6.07, 6.45) is 0. The van der Waals surface area contributed by atoms with Crippen LogP contribution >= 0.6 is 0 Å². The maximum atomic E-state index is 12.3. The Morgan fingerprint density at radius 2 is 1.91 bits per heavy atom. The smallest absolute Gasteiger partial charge is 0.312 e. The van der Waals surface area contributed by atoms with E-state index in [1.54, 1.807) is 7.05 Å². The van der Waals surface area contributed by atoms with Gasteiger partial charge in [0.25, 0.3) is 5.56 Å². The van der Waals surface area contributed by atoms with Gasteiger partial charge in [-0.2, -0.15) is 4.98 Å². The highest BCUT2D eigenvalue weighted by atomic mass is 16.2. The summed E-state index contributed by atoms with van der Waals surface area (Å²) < 4.78 is 3.30. The first-order chi connectivity index (χ1) is 11.1. The number of aromatic amines is 1. The van der Waals surface area contributed by atoms with Crippen molar-refractivity contribution < 1.29 is 0 Å². The molecule has 7 nitrogen and oxygen atoms in total. The van der Waals surface area contributed by atoms with Gasteiger partial charge in [0.05, 0.1) is 0 Å². The quantitative estimate of drug-likeness (QED) is 0.733. The van der Waals surface area contributed by atoms with E-state index in [0.29, 0.717) is 29.6 Å². The van der Waals surface area contributed by atoms with Crippen molar-refractivity contribution in [1.82, 2.24) is 19.1 Å². The molecule has 0 bridgehead atoms. The molecular formula is C16H17N5O2. The number of anilines is 2. The molecule has 0 unspecified atom stereocenters. The van der Waals surface area contributed by atoms with Crippen molar-refractivity contribution in [2.75, 3.05) is 11.4 Å². The highest BCUT2D eigenvalue weighted by Gasteiger charge is 2.28. The Morgan fingerprint density at radius 3 is 2.65 bits per heavy atom. The van der Waals surface area contributed by atoms with Crippen molar-refractivity contribution in [3.63, 3.8) is 0 Å². The van der Waals surface area contributed by atoms with Gasteiger partial charge in [-0.25, -0.2) is 4.79 Å². The summed E-state index contributed by atoms with van der Waals surface area (Å²) in [5.41, 5.74) is 1.07. The van der Waals surface area contributed by atoms with Crippen molar-refractivity contribution in [3.8, 4) is 0 Å². The lowest BCUT2D eigenvalue weighted by molar-refractivity contribution is 0.458. The molecule has 3 heterocycles. The summed E-state index contributed by atoms with van der Waals surface area (Å²) >= 11 is 0. The number of aryl methyl sites for hydroxylation is 1. The summed E-state index contributed by atoms with van der Waals surface area (Å²) in [5, 5.41) is 0. The molecule has 0 amide bonds. The van der Waals surface area contributed by atoms with Crippen LogP contribution in [0.4, 0.5) is 11.6 Å². The second kappa shape index (κ2) is 4.84. The van der Waals surface area contributed by atoms with Gasteiger partial charge in [-0.1, -0.05) is 25.1 Å². The SMILES string of the molecule is C[C@H]1CN(c2ccccc2)c2nc3c(c(=O)[nH]c(=O)n3C)n2C1. The molecule has 23 heavy (non-hydrogen) atoms. The van der Waals surface area contributed by atoms with Crippen molar-refractivity contribution in [1.29, 1.82) is 0 Å². The Bertz CT molecular complexity index is 999. The van der Waals surface area contributed by atoms with Gasteiger partial charge in [-0.05, 0) is 18.1 Å². The third-order valence-electron chi connectivity index (χ3n) is 4.28. The third kappa shape index (κ3) is 2.00. The van der Waals surface area contributed by atoms with Gasteiger partial charge < -0.3 is 9.47 Å². The third-order valence-corrected chi connectivity index (χ3v) is 4.28. The maximum absolute atomic E-state index is 12.3. The Kier molecular flexibility index (Phi) is 2.90. The minimum Gasteiger partial charge on any atom is -0.312 e. The lowest BCUT2D eigenvalue weighted by Gasteiger charge is -2.32. The van der Waals surface area contributed by atoms with Crippen LogP contribution in [0, 0.1) is 5.92 Å². The lowest BCUT2D eigenvalue weighted by atomic mass is 10.1. The lowest BCUT2D eigenvalue weighted by Crippen LogP contribution is -2.35. The summed E-state index contributed by atoms with van der Waals surface area (Å²) in [5.74, 6) is 1.06. The van der Waals surface area contributed by atoms with Gasteiger partial charge in [0.15, 0.2) is 11.2 Å². The Balaban J connectivity index is 2.04. The zero-order valence-corrected chi connectivity index (χ0v) is 13.0. The standard InChI is InChI=1S/C16H17N5O2/c1-10-8-20(11-6-4-3-5-7-11)15-17-13-12(21(15)9-10)14(22)18-16(23)19(13)2/h3-7,10H,8-9H2,1-2H3,(H,18,22,23)/t10-/m0/s1. The molecule has 2 aromatic heterocycles. The number of imidazole rings is 1. The second-order valence-electron chi connectivity index (χ2n) is 6.06. The zero-order valence-electron chi connectivity index (χ0n) is 13.0. The van der Waals surface area contributed by atoms with E-state index in [0.717, 1.165) is 12.2 Å². The largest absolute Gasteiger partial charge is 0.329 e. The van der Waals surface area contributed by atoms with Crippen LogP contribution in [0.2, 0.25) is 0 Å². The van der Waals surface area contributed by atoms with E-state index in [1.807, 2.05) is 34.9 Å². The average Bonchev–Trinajstić information content (AvgIpc) is 2.92. The molecule has 0 radical (unpaired) electrons. The summed E-state index contributed by atoms with van der Waals surface area (Å²) in [7, 11) is 1.62. The van der Waals surface area contributed by atoms with Gasteiger partial charge in [0, 0.05) is 25.8 Å². The molecule has 1 atom stereocenters. The first-order valence-corrected chi connectivity index (χ1v) is 7.58. The average molecular weight is 311 g/mol. The molecule has 0 saturated heterocycles. The number of benzene rings is 1. The molecule has 4 rings (SSSR count). The Morgan fingerprint density at radius 1 is 1.17 bits per heavy atom. The van der Waals surface area contributed by atoms with Crippen LogP contribution in [0.15, 0.2) is 39.9 Å². The first-order valence-electron chi connectivity index (χ1n) is 7.58. The molecule has 3 aromatic rings. The molecular weight excluding hydrogens is 294 g/mol. The summed E-state index contributed by atoms with van der Waals surface area (Å²) in [6, 6.07) is 9.96. The minimum atomic E-state index is -0.447. The number of aromatic nitrogens is 4. The van der Waals surface area contributed by atoms with Gasteiger partial charge in [-0.15, -0.1) is 0 Å². The molecule has 0 spiro atoms. The predicted molar refractivity (Wildman–Crippen MR) is 88.2 cm³/mol. The first kappa shape index (κ1) is 13.8. The van der Waals surface area contributed by atoms with Crippen LogP contribution < -0.4 is 16.1 Å². The van der Waals surface area contributed by atoms with Gasteiger partial charge in [-0.3, -0.25) is 14.3 Å². The van der Waals surface area contributed by atoms with Crippen LogP contribution in [0.25, 0.3) is 11.2 Å². The van der Waals surface area contributed by atoms with Gasteiger partial charge >= 0.3 is 5.69 Å². The molecule has 1 aliphatic rings. The number of para-hydroxylation sites is 1. The van der Waals surface area contributed by atoms with Crippen LogP contribution in [0.5, 0.6) is 0 Å². The van der Waals surface area contributed by atoms with E-state index in [1.165, 1.54) is 4.57 Å². The van der Waals surface area contributed by atoms with E-state index >= 15 is 0 Å². The second-order valence-corrected chi connectivity index (χ2v) is 6.06. The number of fused-ring (bicyclic) bond motifs is 3. The normalized spacial score (nSPS) is 17.5. The Hall–Kier alpha value is -2.83. The van der Waals surface area contributed by atoms with Crippen molar-refractivity contribution in [2.45, 2.75) is 13.5 Å². The van der Waals surface area contributed by atoms with Crippen molar-refractivity contribution >= 4 is 22.8 Å². The van der Waals surface area contributed by atoms with Crippen LogP contribution in [0.1, 0.15) is 6.92 Å². The molecule has 1 aliphatic heterocycles. The predicted octanol–water partition coefficient (Wildman–Crippen LogP) is 1.21. The van der Waals surface area contributed by atoms with Crippen LogP contribution in [-0.4, -0.2) is 25.6 Å². The fraction of sp³-hybridized carbons (Fsp3) is 0.312.